The fraction of sp³-hybridized carbons (Fsp3) is 0.438. The highest BCUT2D eigenvalue weighted by molar-refractivity contribution is 7.88. The molecule has 1 aliphatic heterocycles. The van der Waals surface area contributed by atoms with Crippen LogP contribution in [0.15, 0.2) is 27.4 Å². The van der Waals surface area contributed by atoms with Crippen molar-refractivity contribution in [2.75, 3.05) is 32.4 Å². The zero-order valence-electron chi connectivity index (χ0n) is 13.7. The van der Waals surface area contributed by atoms with Gasteiger partial charge in [-0.1, -0.05) is 0 Å². The Bertz CT molecular complexity index is 927. The van der Waals surface area contributed by atoms with Crippen LogP contribution in [0.4, 0.5) is 0 Å². The molecule has 8 heteroatoms. The zero-order chi connectivity index (χ0) is 17.5. The van der Waals surface area contributed by atoms with Gasteiger partial charge in [-0.25, -0.2) is 13.2 Å². The van der Waals surface area contributed by atoms with E-state index in [9.17, 15) is 18.3 Å². The number of benzene rings is 1. The summed E-state index contributed by atoms with van der Waals surface area (Å²) in [6.45, 7) is 4.33. The van der Waals surface area contributed by atoms with E-state index in [4.69, 9.17) is 4.42 Å². The average Bonchev–Trinajstić information content (AvgIpc) is 2.51. The first-order valence-electron chi connectivity index (χ1n) is 7.68. The summed E-state index contributed by atoms with van der Waals surface area (Å²) in [5.74, 6) is 0.0876. The monoisotopic (exact) mass is 352 g/mol. The lowest BCUT2D eigenvalue weighted by molar-refractivity contribution is 0.182. The zero-order valence-corrected chi connectivity index (χ0v) is 14.5. The van der Waals surface area contributed by atoms with Crippen LogP contribution in [0, 0.1) is 6.92 Å². The summed E-state index contributed by atoms with van der Waals surface area (Å²) >= 11 is 0. The molecular weight excluding hydrogens is 332 g/mol. The topological polar surface area (TPSA) is 91.1 Å². The second kappa shape index (κ2) is 6.19. The highest BCUT2D eigenvalue weighted by Crippen LogP contribution is 2.28. The number of aromatic hydroxyl groups is 1. The van der Waals surface area contributed by atoms with E-state index < -0.39 is 15.6 Å². The van der Waals surface area contributed by atoms with E-state index in [2.05, 4.69) is 4.90 Å². The van der Waals surface area contributed by atoms with E-state index in [1.165, 1.54) is 16.6 Å². The third-order valence-corrected chi connectivity index (χ3v) is 5.72. The maximum Gasteiger partial charge on any atom is 0.336 e. The summed E-state index contributed by atoms with van der Waals surface area (Å²) in [6, 6.07) is 4.78. The van der Waals surface area contributed by atoms with Crippen LogP contribution >= 0.6 is 0 Å². The molecule has 130 valence electrons. The molecule has 1 aromatic heterocycles. The molecular formula is C16H20N2O5S. The van der Waals surface area contributed by atoms with Gasteiger partial charge in [-0.2, -0.15) is 4.31 Å². The van der Waals surface area contributed by atoms with E-state index >= 15 is 0 Å². The number of nitrogens with zero attached hydrogens (tertiary/aromatic N) is 2. The predicted octanol–water partition coefficient (Wildman–Crippen LogP) is 0.884. The lowest BCUT2D eigenvalue weighted by Crippen LogP contribution is -2.47. The minimum absolute atomic E-state index is 0.0876. The highest BCUT2D eigenvalue weighted by atomic mass is 32.2. The standard InChI is InChI=1S/C16H20N2O5S/c1-11-14(19)4-3-13-12(9-15(20)23-16(11)13)10-17-5-7-18(8-6-17)24(2,21)22/h3-4,9,19H,5-8,10H2,1-2H3. The maximum atomic E-state index is 11.8. The van der Waals surface area contributed by atoms with Crippen molar-refractivity contribution in [2.45, 2.75) is 13.5 Å². The van der Waals surface area contributed by atoms with Gasteiger partial charge < -0.3 is 9.52 Å². The summed E-state index contributed by atoms with van der Waals surface area (Å²) in [6.07, 6.45) is 1.22. The molecule has 1 aliphatic rings. The van der Waals surface area contributed by atoms with Crippen molar-refractivity contribution >= 4 is 21.0 Å². The van der Waals surface area contributed by atoms with Crippen molar-refractivity contribution in [1.82, 2.24) is 9.21 Å². The molecule has 7 nitrogen and oxygen atoms in total. The van der Waals surface area contributed by atoms with E-state index in [0.29, 0.717) is 43.9 Å². The minimum atomic E-state index is -3.16. The number of rotatable bonds is 3. The Hall–Kier alpha value is -1.90. The molecule has 2 aromatic rings. The molecule has 0 aliphatic carbocycles. The van der Waals surface area contributed by atoms with Gasteiger partial charge in [0.05, 0.1) is 6.26 Å². The number of phenolic OH excluding ortho intramolecular Hbond substituents is 1. The van der Waals surface area contributed by atoms with Crippen molar-refractivity contribution in [3.63, 3.8) is 0 Å². The third kappa shape index (κ3) is 3.31. The molecule has 1 aromatic carbocycles. The van der Waals surface area contributed by atoms with Gasteiger partial charge in [-0.3, -0.25) is 4.90 Å². The summed E-state index contributed by atoms with van der Waals surface area (Å²) in [5.41, 5.74) is 1.29. The number of hydrogen-bond donors (Lipinski definition) is 1. The van der Waals surface area contributed by atoms with Crippen molar-refractivity contribution in [3.8, 4) is 5.75 Å². The minimum Gasteiger partial charge on any atom is -0.508 e. The number of fused-ring (bicyclic) bond motifs is 1. The molecule has 1 N–H and O–H groups in total. The highest BCUT2D eigenvalue weighted by Gasteiger charge is 2.24. The molecule has 3 rings (SSSR count). The van der Waals surface area contributed by atoms with Crippen molar-refractivity contribution in [1.29, 1.82) is 0 Å². The second-order valence-corrected chi connectivity index (χ2v) is 8.10. The molecule has 0 amide bonds. The first-order chi connectivity index (χ1) is 11.3. The largest absolute Gasteiger partial charge is 0.508 e. The van der Waals surface area contributed by atoms with E-state index in [0.717, 1.165) is 10.9 Å². The molecule has 0 bridgehead atoms. The molecule has 1 fully saturated rings. The van der Waals surface area contributed by atoms with E-state index in [1.54, 1.807) is 19.1 Å². The van der Waals surface area contributed by atoms with E-state index in [1.807, 2.05) is 0 Å². The lowest BCUT2D eigenvalue weighted by Gasteiger charge is -2.33. The van der Waals surface area contributed by atoms with Crippen LogP contribution in [-0.4, -0.2) is 55.2 Å². The Balaban J connectivity index is 1.87. The molecule has 0 unspecified atom stereocenters. The van der Waals surface area contributed by atoms with Gasteiger partial charge in [-0.15, -0.1) is 0 Å². The van der Waals surface area contributed by atoms with Crippen LogP contribution in [0.2, 0.25) is 0 Å². The summed E-state index contributed by atoms with van der Waals surface area (Å²) in [5, 5.41) is 10.6. The van der Waals surface area contributed by atoms with Crippen LogP contribution < -0.4 is 5.63 Å². The maximum absolute atomic E-state index is 11.8. The summed E-state index contributed by atoms with van der Waals surface area (Å²) in [4.78, 5) is 13.9. The number of hydrogen-bond acceptors (Lipinski definition) is 6. The van der Waals surface area contributed by atoms with Crippen molar-refractivity contribution in [2.24, 2.45) is 0 Å². The number of aryl methyl sites for hydroxylation is 1. The Morgan fingerprint density at radius 1 is 1.21 bits per heavy atom. The summed E-state index contributed by atoms with van der Waals surface area (Å²) in [7, 11) is -3.16. The number of sulfonamides is 1. The summed E-state index contributed by atoms with van der Waals surface area (Å²) < 4.78 is 29.8. The molecule has 0 radical (unpaired) electrons. The van der Waals surface area contributed by atoms with Crippen LogP contribution in [0.5, 0.6) is 5.75 Å². The molecule has 24 heavy (non-hydrogen) atoms. The van der Waals surface area contributed by atoms with Crippen LogP contribution in [0.25, 0.3) is 11.0 Å². The van der Waals surface area contributed by atoms with Crippen LogP contribution in [0.1, 0.15) is 11.1 Å². The molecule has 0 atom stereocenters. The lowest BCUT2D eigenvalue weighted by atomic mass is 10.1. The van der Waals surface area contributed by atoms with E-state index in [-0.39, 0.29) is 5.75 Å². The van der Waals surface area contributed by atoms with Gasteiger partial charge >= 0.3 is 5.63 Å². The number of piperazine rings is 1. The molecule has 1 saturated heterocycles. The number of phenols is 1. The average molecular weight is 352 g/mol. The van der Waals surface area contributed by atoms with Crippen molar-refractivity contribution in [3.05, 3.63) is 39.7 Å². The Morgan fingerprint density at radius 2 is 1.88 bits per heavy atom. The Kier molecular flexibility index (Phi) is 4.37. The second-order valence-electron chi connectivity index (χ2n) is 6.12. The van der Waals surface area contributed by atoms with Gasteiger partial charge in [0.1, 0.15) is 11.3 Å². The van der Waals surface area contributed by atoms with Crippen molar-refractivity contribution < 1.29 is 17.9 Å². The molecule has 0 spiro atoms. The fourth-order valence-corrected chi connectivity index (χ4v) is 3.83. The molecule has 0 saturated carbocycles. The fourth-order valence-electron chi connectivity index (χ4n) is 3.01. The van der Waals surface area contributed by atoms with Crippen LogP contribution in [-0.2, 0) is 16.6 Å². The third-order valence-electron chi connectivity index (χ3n) is 4.41. The predicted molar refractivity (Wildman–Crippen MR) is 90.6 cm³/mol. The smallest absolute Gasteiger partial charge is 0.336 e. The SMILES string of the molecule is Cc1c(O)ccc2c(CN3CCN(S(C)(=O)=O)CC3)cc(=O)oc12. The van der Waals surface area contributed by atoms with Gasteiger partial charge in [0, 0.05) is 49.7 Å². The Morgan fingerprint density at radius 3 is 2.50 bits per heavy atom. The Labute approximate surface area is 140 Å². The normalized spacial score (nSPS) is 17.4. The molecule has 2 heterocycles. The van der Waals surface area contributed by atoms with Gasteiger partial charge in [0.25, 0.3) is 0 Å². The first-order valence-corrected chi connectivity index (χ1v) is 9.53. The van der Waals surface area contributed by atoms with Gasteiger partial charge in [-0.05, 0) is 24.6 Å². The quantitative estimate of drug-likeness (QED) is 0.825. The first kappa shape index (κ1) is 16.9. The van der Waals surface area contributed by atoms with Crippen LogP contribution in [0.3, 0.4) is 0 Å². The van der Waals surface area contributed by atoms with Gasteiger partial charge in [0.15, 0.2) is 0 Å². The van der Waals surface area contributed by atoms with Gasteiger partial charge in [0.2, 0.25) is 10.0 Å².